The van der Waals surface area contributed by atoms with Crippen molar-refractivity contribution in [3.8, 4) is 0 Å². The molecule has 7 nitrogen and oxygen atoms in total. The zero-order valence-corrected chi connectivity index (χ0v) is 16.8. The van der Waals surface area contributed by atoms with E-state index in [0.717, 1.165) is 0 Å². The van der Waals surface area contributed by atoms with Gasteiger partial charge in [0.15, 0.2) is 0 Å². The third-order valence-electron chi connectivity index (χ3n) is 4.09. The first-order valence-corrected chi connectivity index (χ1v) is 9.69. The lowest BCUT2D eigenvalue weighted by molar-refractivity contribution is -0.133. The number of hydrogen-bond donors (Lipinski definition) is 1. The van der Waals surface area contributed by atoms with Crippen LogP contribution in [0.15, 0.2) is 16.8 Å². The molecule has 0 bridgehead atoms. The first kappa shape index (κ1) is 20.4. The minimum Gasteiger partial charge on any atom is -0.350 e. The summed E-state index contributed by atoms with van der Waals surface area (Å²) in [6, 6.07) is 1.76. The molecule has 1 aliphatic rings. The molecule has 1 aliphatic heterocycles. The Morgan fingerprint density at radius 1 is 1.19 bits per heavy atom. The predicted octanol–water partition coefficient (Wildman–Crippen LogP) is 0.879. The topological polar surface area (TPSA) is 73.0 Å². The molecule has 0 aliphatic carbocycles. The highest BCUT2D eigenvalue weighted by molar-refractivity contribution is 7.08. The molecule has 26 heavy (non-hydrogen) atoms. The van der Waals surface area contributed by atoms with Crippen molar-refractivity contribution in [1.82, 2.24) is 20.0 Å². The normalized spacial score (nSPS) is 15.6. The van der Waals surface area contributed by atoms with Crippen LogP contribution in [0.25, 0.3) is 0 Å². The smallest absolute Gasteiger partial charge is 0.254 e. The highest BCUT2D eigenvalue weighted by Gasteiger charge is 2.25. The summed E-state index contributed by atoms with van der Waals surface area (Å²) in [6.07, 6.45) is 0. The van der Waals surface area contributed by atoms with Crippen LogP contribution in [0.1, 0.15) is 31.1 Å². The Balaban J connectivity index is 1.76. The van der Waals surface area contributed by atoms with E-state index in [9.17, 15) is 14.4 Å². The molecular weight excluding hydrogens is 352 g/mol. The minimum atomic E-state index is -0.242. The number of piperazine rings is 1. The van der Waals surface area contributed by atoms with Gasteiger partial charge in [-0.25, -0.2) is 0 Å². The summed E-state index contributed by atoms with van der Waals surface area (Å²) < 4.78 is 0. The number of carbonyl (C=O) groups excluding carboxylic acids is 3. The van der Waals surface area contributed by atoms with E-state index in [-0.39, 0.29) is 29.8 Å². The number of hydrogen-bond acceptors (Lipinski definition) is 5. The van der Waals surface area contributed by atoms with Gasteiger partial charge >= 0.3 is 0 Å². The Morgan fingerprint density at radius 3 is 2.38 bits per heavy atom. The van der Waals surface area contributed by atoms with Crippen molar-refractivity contribution in [2.75, 3.05) is 46.3 Å². The molecule has 1 fully saturated rings. The van der Waals surface area contributed by atoms with Gasteiger partial charge in [0.05, 0.1) is 18.7 Å². The van der Waals surface area contributed by atoms with Crippen LogP contribution in [-0.4, -0.2) is 84.3 Å². The fourth-order valence-electron chi connectivity index (χ4n) is 2.80. The van der Waals surface area contributed by atoms with Crippen molar-refractivity contribution in [1.29, 1.82) is 0 Å². The van der Waals surface area contributed by atoms with E-state index >= 15 is 0 Å². The highest BCUT2D eigenvalue weighted by atomic mass is 32.1. The fourth-order valence-corrected chi connectivity index (χ4v) is 3.43. The molecule has 1 aromatic rings. The Kier molecular flexibility index (Phi) is 6.77. The molecule has 8 heteroatoms. The zero-order chi connectivity index (χ0) is 19.3. The second-order valence-corrected chi connectivity index (χ2v) is 8.41. The maximum atomic E-state index is 12.4. The number of likely N-dealkylation sites (N-methyl/N-ethyl adjacent to an activating group) is 1. The van der Waals surface area contributed by atoms with Crippen molar-refractivity contribution < 1.29 is 14.4 Å². The molecule has 0 aromatic carbocycles. The van der Waals surface area contributed by atoms with Crippen LogP contribution >= 0.6 is 11.3 Å². The van der Waals surface area contributed by atoms with Crippen molar-refractivity contribution in [3.63, 3.8) is 0 Å². The Labute approximate surface area is 158 Å². The summed E-state index contributed by atoms with van der Waals surface area (Å²) in [7, 11) is 1.64. The van der Waals surface area contributed by atoms with Gasteiger partial charge in [-0.3, -0.25) is 19.3 Å². The third-order valence-corrected chi connectivity index (χ3v) is 4.78. The number of nitrogens with one attached hydrogen (secondary N) is 1. The van der Waals surface area contributed by atoms with Crippen LogP contribution in [0, 0.1) is 0 Å². The van der Waals surface area contributed by atoms with Gasteiger partial charge in [-0.15, -0.1) is 0 Å². The summed E-state index contributed by atoms with van der Waals surface area (Å²) in [5.41, 5.74) is 0.369. The first-order valence-electron chi connectivity index (χ1n) is 8.74. The van der Waals surface area contributed by atoms with Gasteiger partial charge < -0.3 is 15.1 Å². The van der Waals surface area contributed by atoms with E-state index in [1.165, 1.54) is 16.2 Å². The summed E-state index contributed by atoms with van der Waals surface area (Å²) in [5.74, 6) is -0.203. The second kappa shape index (κ2) is 8.64. The minimum absolute atomic E-state index is 0.00151. The van der Waals surface area contributed by atoms with Crippen LogP contribution in [0.4, 0.5) is 0 Å². The van der Waals surface area contributed by atoms with Gasteiger partial charge in [-0.05, 0) is 32.2 Å². The average Bonchev–Trinajstić information content (AvgIpc) is 3.07. The molecule has 0 spiro atoms. The number of rotatable bonds is 5. The van der Waals surface area contributed by atoms with Crippen molar-refractivity contribution >= 4 is 29.1 Å². The molecule has 2 rings (SSSR count). The predicted molar refractivity (Wildman–Crippen MR) is 102 cm³/mol. The molecule has 0 atom stereocenters. The van der Waals surface area contributed by atoms with E-state index in [2.05, 4.69) is 5.32 Å². The Hall–Kier alpha value is -1.93. The molecular formula is C18H28N4O3S. The molecule has 1 aromatic heterocycles. The molecule has 1 N–H and O–H groups in total. The zero-order valence-electron chi connectivity index (χ0n) is 15.9. The van der Waals surface area contributed by atoms with Crippen molar-refractivity contribution in [3.05, 3.63) is 22.4 Å². The first-order chi connectivity index (χ1) is 12.2. The van der Waals surface area contributed by atoms with E-state index in [4.69, 9.17) is 0 Å². The molecule has 144 valence electrons. The summed E-state index contributed by atoms with van der Waals surface area (Å²) in [5, 5.41) is 6.58. The molecule has 3 amide bonds. The van der Waals surface area contributed by atoms with E-state index in [1.807, 2.05) is 31.1 Å². The molecule has 1 saturated heterocycles. The van der Waals surface area contributed by atoms with Gasteiger partial charge in [-0.1, -0.05) is 0 Å². The SMILES string of the molecule is CN(CC(=O)N1CCN(CC(=O)NC(C)(C)C)CC1)C(=O)c1ccsc1. The van der Waals surface area contributed by atoms with E-state index < -0.39 is 0 Å². The van der Waals surface area contributed by atoms with Gasteiger partial charge in [0.25, 0.3) is 5.91 Å². The standard InChI is InChI=1S/C18H28N4O3S/c1-18(2,3)19-15(23)11-21-6-8-22(9-7-21)16(24)12-20(4)17(25)14-5-10-26-13-14/h5,10,13H,6-9,11-12H2,1-4H3,(H,19,23). The maximum Gasteiger partial charge on any atom is 0.254 e. The third kappa shape index (κ3) is 6.10. The second-order valence-electron chi connectivity index (χ2n) is 7.63. The molecule has 0 saturated carbocycles. The van der Waals surface area contributed by atoms with Crippen LogP contribution in [0.3, 0.4) is 0 Å². The Bertz CT molecular complexity index is 631. The molecule has 2 heterocycles. The van der Waals surface area contributed by atoms with Crippen LogP contribution in [-0.2, 0) is 9.59 Å². The van der Waals surface area contributed by atoms with Crippen LogP contribution in [0.2, 0.25) is 0 Å². The monoisotopic (exact) mass is 380 g/mol. The van der Waals surface area contributed by atoms with Gasteiger partial charge in [0, 0.05) is 44.1 Å². The molecule has 0 unspecified atom stereocenters. The van der Waals surface area contributed by atoms with Crippen LogP contribution < -0.4 is 5.32 Å². The highest BCUT2D eigenvalue weighted by Crippen LogP contribution is 2.09. The van der Waals surface area contributed by atoms with Crippen LogP contribution in [0.5, 0.6) is 0 Å². The number of nitrogens with zero attached hydrogens (tertiary/aromatic N) is 3. The van der Waals surface area contributed by atoms with E-state index in [0.29, 0.717) is 38.3 Å². The number of carbonyl (C=O) groups is 3. The lowest BCUT2D eigenvalue weighted by Gasteiger charge is -2.35. The molecule has 0 radical (unpaired) electrons. The largest absolute Gasteiger partial charge is 0.350 e. The van der Waals surface area contributed by atoms with Crippen molar-refractivity contribution in [2.24, 2.45) is 0 Å². The van der Waals surface area contributed by atoms with Gasteiger partial charge in [0.2, 0.25) is 11.8 Å². The van der Waals surface area contributed by atoms with Gasteiger partial charge in [-0.2, -0.15) is 11.3 Å². The maximum absolute atomic E-state index is 12.4. The Morgan fingerprint density at radius 2 is 1.85 bits per heavy atom. The number of thiophene rings is 1. The average molecular weight is 381 g/mol. The summed E-state index contributed by atoms with van der Waals surface area (Å²) in [6.45, 7) is 8.73. The lowest BCUT2D eigenvalue weighted by Crippen LogP contribution is -2.54. The number of amides is 3. The quantitative estimate of drug-likeness (QED) is 0.823. The summed E-state index contributed by atoms with van der Waals surface area (Å²) in [4.78, 5) is 41.9. The van der Waals surface area contributed by atoms with E-state index in [1.54, 1.807) is 23.4 Å². The van der Waals surface area contributed by atoms with Gasteiger partial charge in [0.1, 0.15) is 0 Å². The van der Waals surface area contributed by atoms with Crippen molar-refractivity contribution in [2.45, 2.75) is 26.3 Å². The summed E-state index contributed by atoms with van der Waals surface area (Å²) >= 11 is 1.46. The lowest BCUT2D eigenvalue weighted by atomic mass is 10.1. The fraction of sp³-hybridized carbons (Fsp3) is 0.611.